The van der Waals surface area contributed by atoms with Crippen molar-refractivity contribution in [2.24, 2.45) is 4.99 Å². The van der Waals surface area contributed by atoms with Crippen LogP contribution in [0.15, 0.2) is 59.9 Å². The van der Waals surface area contributed by atoms with Gasteiger partial charge in [0.15, 0.2) is 0 Å². The third kappa shape index (κ3) is 2.66. The van der Waals surface area contributed by atoms with E-state index in [1.165, 1.54) is 4.90 Å². The lowest BCUT2D eigenvalue weighted by Crippen LogP contribution is -2.33. The monoisotopic (exact) mass is 242 g/mol. The molecule has 4 heteroatoms. The molecule has 0 saturated heterocycles. The molecule has 18 heavy (non-hydrogen) atoms. The molecule has 0 aromatic heterocycles. The van der Waals surface area contributed by atoms with Crippen molar-refractivity contribution in [1.29, 1.82) is 0 Å². The number of rotatable bonds is 2. The van der Waals surface area contributed by atoms with Crippen molar-refractivity contribution in [2.45, 2.75) is 6.92 Å². The van der Waals surface area contributed by atoms with E-state index in [9.17, 15) is 4.79 Å². The van der Waals surface area contributed by atoms with E-state index in [2.05, 4.69) is 4.99 Å². The zero-order chi connectivity index (χ0) is 12.8. The molecule has 0 aliphatic carbocycles. The largest absolute Gasteiger partial charge is 0.465 e. The molecular weight excluding hydrogens is 228 g/mol. The summed E-state index contributed by atoms with van der Waals surface area (Å²) in [6.45, 7) is 2.31. The van der Waals surface area contributed by atoms with Crippen molar-refractivity contribution in [3.05, 3.63) is 60.4 Å². The fourth-order valence-corrected chi connectivity index (χ4v) is 1.53. The van der Waals surface area contributed by atoms with Gasteiger partial charge in [-0.3, -0.25) is 4.79 Å². The van der Waals surface area contributed by atoms with Gasteiger partial charge in [0.1, 0.15) is 0 Å². The summed E-state index contributed by atoms with van der Waals surface area (Å²) >= 11 is 0. The highest BCUT2D eigenvalue weighted by Gasteiger charge is 2.20. The molecule has 0 unspecified atom stereocenters. The topological polar surface area (TPSA) is 41.9 Å². The van der Waals surface area contributed by atoms with E-state index in [1.54, 1.807) is 36.7 Å². The molecule has 0 fully saturated rings. The Balaban J connectivity index is 2.28. The summed E-state index contributed by atoms with van der Waals surface area (Å²) in [6, 6.07) is 9.33. The number of hydrogen-bond donors (Lipinski definition) is 0. The highest BCUT2D eigenvalue weighted by atomic mass is 16.5. The van der Waals surface area contributed by atoms with Gasteiger partial charge in [0.25, 0.3) is 5.91 Å². The number of carbonyl (C=O) groups excluding carboxylic acids is 1. The Labute approximate surface area is 106 Å². The van der Waals surface area contributed by atoms with Crippen molar-refractivity contribution in [3.8, 4) is 0 Å². The van der Waals surface area contributed by atoms with Crippen molar-refractivity contribution in [3.63, 3.8) is 0 Å². The Morgan fingerprint density at radius 2 is 2.06 bits per heavy atom. The first-order valence-corrected chi connectivity index (χ1v) is 5.75. The quantitative estimate of drug-likeness (QED) is 0.799. The standard InChI is InChI=1S/C14H14N2O2/c1-2-18-14-15-10-6-7-11-16(14)13(17)12-8-4-3-5-9-12/h3-11H,2H2,1H3. The van der Waals surface area contributed by atoms with Gasteiger partial charge in [0.05, 0.1) is 6.61 Å². The third-order valence-electron chi connectivity index (χ3n) is 2.34. The highest BCUT2D eigenvalue weighted by molar-refractivity contribution is 6.05. The van der Waals surface area contributed by atoms with Gasteiger partial charge in [0, 0.05) is 18.0 Å². The summed E-state index contributed by atoms with van der Waals surface area (Å²) in [6.07, 6.45) is 6.74. The highest BCUT2D eigenvalue weighted by Crippen LogP contribution is 2.09. The average molecular weight is 242 g/mol. The number of amidine groups is 1. The number of amides is 1. The first-order valence-electron chi connectivity index (χ1n) is 5.75. The van der Waals surface area contributed by atoms with Gasteiger partial charge in [0.2, 0.25) is 0 Å². The van der Waals surface area contributed by atoms with Gasteiger partial charge in [-0.1, -0.05) is 18.2 Å². The lowest BCUT2D eigenvalue weighted by atomic mass is 10.2. The number of benzene rings is 1. The average Bonchev–Trinajstić information content (AvgIpc) is 2.65. The van der Waals surface area contributed by atoms with E-state index in [1.807, 2.05) is 25.1 Å². The second kappa shape index (κ2) is 5.82. The summed E-state index contributed by atoms with van der Waals surface area (Å²) in [5.41, 5.74) is 0.594. The summed E-state index contributed by atoms with van der Waals surface area (Å²) in [5.74, 6) is -0.164. The molecule has 0 atom stereocenters. The Kier molecular flexibility index (Phi) is 3.91. The summed E-state index contributed by atoms with van der Waals surface area (Å²) in [4.78, 5) is 17.8. The van der Waals surface area contributed by atoms with E-state index in [0.717, 1.165) is 0 Å². The molecule has 0 saturated carbocycles. The molecule has 1 aliphatic heterocycles. The fourth-order valence-electron chi connectivity index (χ4n) is 1.53. The van der Waals surface area contributed by atoms with E-state index in [-0.39, 0.29) is 11.9 Å². The molecule has 1 heterocycles. The lowest BCUT2D eigenvalue weighted by Gasteiger charge is -2.18. The van der Waals surface area contributed by atoms with Crippen molar-refractivity contribution < 1.29 is 9.53 Å². The van der Waals surface area contributed by atoms with Crippen LogP contribution in [0.3, 0.4) is 0 Å². The van der Waals surface area contributed by atoms with Gasteiger partial charge in [-0.15, -0.1) is 0 Å². The van der Waals surface area contributed by atoms with E-state index >= 15 is 0 Å². The SMILES string of the molecule is CCOC1=NC=CC=CN1C(=O)c1ccccc1. The van der Waals surface area contributed by atoms with Crippen LogP contribution < -0.4 is 0 Å². The molecule has 0 radical (unpaired) electrons. The number of ether oxygens (including phenoxy) is 1. The van der Waals surface area contributed by atoms with Gasteiger partial charge in [-0.25, -0.2) is 9.89 Å². The normalized spacial score (nSPS) is 14.1. The molecule has 1 aromatic rings. The number of allylic oxidation sites excluding steroid dienone is 2. The smallest absolute Gasteiger partial charge is 0.303 e. The van der Waals surface area contributed by atoms with Crippen LogP contribution >= 0.6 is 0 Å². The second-order valence-corrected chi connectivity index (χ2v) is 3.57. The number of nitrogens with zero attached hydrogens (tertiary/aromatic N) is 2. The Bertz CT molecular complexity index is 504. The van der Waals surface area contributed by atoms with Crippen LogP contribution in [0.5, 0.6) is 0 Å². The van der Waals surface area contributed by atoms with Crippen molar-refractivity contribution in [2.75, 3.05) is 6.61 Å². The van der Waals surface area contributed by atoms with Gasteiger partial charge >= 0.3 is 6.02 Å². The predicted molar refractivity (Wildman–Crippen MR) is 70.0 cm³/mol. The van der Waals surface area contributed by atoms with Crippen LogP contribution in [0, 0.1) is 0 Å². The van der Waals surface area contributed by atoms with Crippen molar-refractivity contribution >= 4 is 11.9 Å². The van der Waals surface area contributed by atoms with Gasteiger partial charge < -0.3 is 4.74 Å². The zero-order valence-corrected chi connectivity index (χ0v) is 10.1. The fraction of sp³-hybridized carbons (Fsp3) is 0.143. The first kappa shape index (κ1) is 12.1. The maximum absolute atomic E-state index is 12.3. The molecule has 1 amide bonds. The molecule has 0 spiro atoms. The minimum atomic E-state index is -0.164. The Morgan fingerprint density at radius 3 is 2.78 bits per heavy atom. The van der Waals surface area contributed by atoms with Gasteiger partial charge in [-0.2, -0.15) is 0 Å². The lowest BCUT2D eigenvalue weighted by molar-refractivity contribution is 0.0860. The van der Waals surface area contributed by atoms with Crippen LogP contribution in [-0.2, 0) is 4.74 Å². The molecule has 0 bridgehead atoms. The van der Waals surface area contributed by atoms with Crippen LogP contribution in [0.25, 0.3) is 0 Å². The molecule has 4 nitrogen and oxygen atoms in total. The number of aliphatic imine (C=N–C) groups is 1. The Hall–Kier alpha value is -2.36. The van der Waals surface area contributed by atoms with Crippen LogP contribution in [0.4, 0.5) is 0 Å². The summed E-state index contributed by atoms with van der Waals surface area (Å²) in [5, 5.41) is 0. The molecule has 92 valence electrons. The molecule has 0 N–H and O–H groups in total. The maximum atomic E-state index is 12.3. The second-order valence-electron chi connectivity index (χ2n) is 3.57. The minimum absolute atomic E-state index is 0.164. The van der Waals surface area contributed by atoms with Crippen LogP contribution in [0.2, 0.25) is 0 Å². The van der Waals surface area contributed by atoms with Crippen molar-refractivity contribution in [1.82, 2.24) is 4.90 Å². The maximum Gasteiger partial charge on any atom is 0.303 e. The molecule has 1 aromatic carbocycles. The van der Waals surface area contributed by atoms with Crippen LogP contribution in [-0.4, -0.2) is 23.4 Å². The first-order chi connectivity index (χ1) is 8.83. The van der Waals surface area contributed by atoms with E-state index in [0.29, 0.717) is 12.2 Å². The van der Waals surface area contributed by atoms with Gasteiger partial charge in [-0.05, 0) is 31.2 Å². The third-order valence-corrected chi connectivity index (χ3v) is 2.34. The Morgan fingerprint density at radius 1 is 1.28 bits per heavy atom. The molecule has 2 rings (SSSR count). The zero-order valence-electron chi connectivity index (χ0n) is 10.1. The minimum Gasteiger partial charge on any atom is -0.465 e. The van der Waals surface area contributed by atoms with Crippen LogP contribution in [0.1, 0.15) is 17.3 Å². The molecule has 1 aliphatic rings. The van der Waals surface area contributed by atoms with E-state index in [4.69, 9.17) is 4.74 Å². The number of hydrogen-bond acceptors (Lipinski definition) is 3. The summed E-state index contributed by atoms with van der Waals surface area (Å²) in [7, 11) is 0. The molecular formula is C14H14N2O2. The van der Waals surface area contributed by atoms with E-state index < -0.39 is 0 Å². The number of carbonyl (C=O) groups is 1. The predicted octanol–water partition coefficient (Wildman–Crippen LogP) is 2.56. The summed E-state index contributed by atoms with van der Waals surface area (Å²) < 4.78 is 5.37.